The molecule has 2 saturated heterocycles. The number of piperidine rings is 1. The number of nitrogens with zero attached hydrogens (tertiary/aromatic N) is 6. The van der Waals surface area contributed by atoms with Crippen LogP contribution in [0.4, 0.5) is 5.95 Å². The number of likely N-dealkylation sites (tertiary alicyclic amines) is 1. The molecule has 10 heteroatoms. The van der Waals surface area contributed by atoms with Gasteiger partial charge in [0.15, 0.2) is 0 Å². The zero-order chi connectivity index (χ0) is 25.8. The van der Waals surface area contributed by atoms with Crippen LogP contribution in [0.3, 0.4) is 0 Å². The third-order valence-electron chi connectivity index (χ3n) is 7.53. The summed E-state index contributed by atoms with van der Waals surface area (Å²) in [5, 5.41) is 12.8. The number of piperazine rings is 1. The molecule has 1 N–H and O–H groups in total. The molecular formula is C27H35N7O2S. The molecule has 3 aromatic rings. The number of fused-ring (bicyclic) bond motifs is 1. The molecule has 0 atom stereocenters. The topological polar surface area (TPSA) is 97.5 Å². The SMILES string of the molecule is CS(=O)(=O)N1CCN(CCN2CCC(Nc3nc4ccccc4n3Cc3ccc(C#N)cc3)CC2)CC1. The normalized spacial score (nSPS) is 18.7. The lowest BCUT2D eigenvalue weighted by Gasteiger charge is -2.36. The molecule has 0 bridgehead atoms. The summed E-state index contributed by atoms with van der Waals surface area (Å²) in [6, 6.07) is 18.5. The van der Waals surface area contributed by atoms with E-state index in [1.54, 1.807) is 4.31 Å². The predicted molar refractivity (Wildman–Crippen MR) is 146 cm³/mol. The Morgan fingerprint density at radius 2 is 1.59 bits per heavy atom. The lowest BCUT2D eigenvalue weighted by atomic mass is 10.1. The minimum absolute atomic E-state index is 0.367. The molecule has 5 rings (SSSR count). The van der Waals surface area contributed by atoms with Gasteiger partial charge < -0.3 is 14.8 Å². The van der Waals surface area contributed by atoms with E-state index in [4.69, 9.17) is 10.2 Å². The average Bonchev–Trinajstić information content (AvgIpc) is 3.25. The number of imidazole rings is 1. The van der Waals surface area contributed by atoms with Crippen LogP contribution < -0.4 is 5.32 Å². The van der Waals surface area contributed by atoms with E-state index >= 15 is 0 Å². The number of benzene rings is 2. The molecule has 0 amide bonds. The summed E-state index contributed by atoms with van der Waals surface area (Å²) in [5.74, 6) is 0.896. The van der Waals surface area contributed by atoms with Crippen LogP contribution in [0.1, 0.15) is 24.0 Å². The molecule has 0 unspecified atom stereocenters. The number of nitrogens with one attached hydrogen (secondary N) is 1. The molecule has 0 saturated carbocycles. The maximum Gasteiger partial charge on any atom is 0.211 e. The van der Waals surface area contributed by atoms with Gasteiger partial charge in [0.25, 0.3) is 0 Å². The zero-order valence-corrected chi connectivity index (χ0v) is 22.2. The summed E-state index contributed by atoms with van der Waals surface area (Å²) in [6.07, 6.45) is 3.41. The fourth-order valence-electron chi connectivity index (χ4n) is 5.26. The van der Waals surface area contributed by atoms with Crippen LogP contribution in [0.2, 0.25) is 0 Å². The van der Waals surface area contributed by atoms with Gasteiger partial charge in [-0.3, -0.25) is 4.90 Å². The quantitative estimate of drug-likeness (QED) is 0.486. The van der Waals surface area contributed by atoms with E-state index in [2.05, 4.69) is 31.8 Å². The molecule has 3 heterocycles. The first-order valence-corrected chi connectivity index (χ1v) is 14.8. The lowest BCUT2D eigenvalue weighted by molar-refractivity contribution is 0.146. The van der Waals surface area contributed by atoms with Gasteiger partial charge in [0, 0.05) is 58.4 Å². The van der Waals surface area contributed by atoms with Crippen molar-refractivity contribution in [3.05, 3.63) is 59.7 Å². The van der Waals surface area contributed by atoms with Gasteiger partial charge in [-0.05, 0) is 42.7 Å². The van der Waals surface area contributed by atoms with Crippen molar-refractivity contribution in [3.63, 3.8) is 0 Å². The second-order valence-corrected chi connectivity index (χ2v) is 12.1. The Bertz CT molecular complexity index is 1350. The summed E-state index contributed by atoms with van der Waals surface area (Å²) in [4.78, 5) is 9.80. The number of hydrogen-bond donors (Lipinski definition) is 1. The molecule has 37 heavy (non-hydrogen) atoms. The van der Waals surface area contributed by atoms with E-state index in [1.807, 2.05) is 42.5 Å². The molecular weight excluding hydrogens is 486 g/mol. The molecule has 2 aliphatic rings. The molecule has 9 nitrogen and oxygen atoms in total. The maximum atomic E-state index is 11.7. The summed E-state index contributed by atoms with van der Waals surface area (Å²) < 4.78 is 27.3. The van der Waals surface area contributed by atoms with Crippen LogP contribution >= 0.6 is 0 Å². The highest BCUT2D eigenvalue weighted by molar-refractivity contribution is 7.88. The Labute approximate surface area is 219 Å². The number of nitriles is 1. The Hall–Kier alpha value is -2.97. The van der Waals surface area contributed by atoms with Crippen molar-refractivity contribution in [2.45, 2.75) is 25.4 Å². The van der Waals surface area contributed by atoms with E-state index < -0.39 is 10.0 Å². The van der Waals surface area contributed by atoms with E-state index in [9.17, 15) is 8.42 Å². The highest BCUT2D eigenvalue weighted by atomic mass is 32.2. The molecule has 2 fully saturated rings. The molecule has 0 radical (unpaired) electrons. The monoisotopic (exact) mass is 521 g/mol. The highest BCUT2D eigenvalue weighted by Gasteiger charge is 2.25. The Balaban J connectivity index is 1.16. The fourth-order valence-corrected chi connectivity index (χ4v) is 6.09. The molecule has 196 valence electrons. The minimum atomic E-state index is -3.08. The van der Waals surface area contributed by atoms with Crippen molar-refractivity contribution >= 4 is 27.0 Å². The van der Waals surface area contributed by atoms with Gasteiger partial charge in [0.1, 0.15) is 0 Å². The zero-order valence-electron chi connectivity index (χ0n) is 21.4. The minimum Gasteiger partial charge on any atom is -0.353 e. The third kappa shape index (κ3) is 6.30. The highest BCUT2D eigenvalue weighted by Crippen LogP contribution is 2.24. The Morgan fingerprint density at radius 1 is 0.946 bits per heavy atom. The molecule has 2 aromatic carbocycles. The Morgan fingerprint density at radius 3 is 2.24 bits per heavy atom. The van der Waals surface area contributed by atoms with Gasteiger partial charge >= 0.3 is 0 Å². The molecule has 1 aromatic heterocycles. The molecule has 0 spiro atoms. The fraction of sp³-hybridized carbons (Fsp3) is 0.481. The maximum absolute atomic E-state index is 11.7. The molecule has 2 aliphatic heterocycles. The standard InChI is InChI=1S/C27H35N7O2S/c1-37(35,36)33-18-16-32(17-19-33)15-14-31-12-10-24(11-13-31)29-27-30-25-4-2-3-5-26(25)34(27)21-23-8-6-22(20-28)7-9-23/h2-9,24H,10-19,21H2,1H3,(H,29,30). The lowest BCUT2D eigenvalue weighted by Crippen LogP contribution is -2.50. The molecule has 0 aliphatic carbocycles. The first-order chi connectivity index (χ1) is 17.9. The van der Waals surface area contributed by atoms with Gasteiger partial charge in [0.05, 0.1) is 35.5 Å². The number of anilines is 1. The summed E-state index contributed by atoms with van der Waals surface area (Å²) in [6.45, 7) is 7.57. The van der Waals surface area contributed by atoms with Gasteiger partial charge in [-0.15, -0.1) is 0 Å². The van der Waals surface area contributed by atoms with Gasteiger partial charge in [0.2, 0.25) is 16.0 Å². The third-order valence-corrected chi connectivity index (χ3v) is 8.83. The number of hydrogen-bond acceptors (Lipinski definition) is 7. The van der Waals surface area contributed by atoms with E-state index in [-0.39, 0.29) is 0 Å². The van der Waals surface area contributed by atoms with Gasteiger partial charge in [-0.1, -0.05) is 24.3 Å². The van der Waals surface area contributed by atoms with Gasteiger partial charge in [-0.2, -0.15) is 9.57 Å². The average molecular weight is 522 g/mol. The van der Waals surface area contributed by atoms with Crippen molar-refractivity contribution in [3.8, 4) is 6.07 Å². The Kier molecular flexibility index (Phi) is 7.76. The van der Waals surface area contributed by atoms with Crippen LogP contribution in [-0.4, -0.2) is 96.7 Å². The number of aromatic nitrogens is 2. The van der Waals surface area contributed by atoms with Crippen molar-refractivity contribution in [1.82, 2.24) is 23.7 Å². The first-order valence-electron chi connectivity index (χ1n) is 13.0. The van der Waals surface area contributed by atoms with Crippen LogP contribution in [-0.2, 0) is 16.6 Å². The van der Waals surface area contributed by atoms with Crippen molar-refractivity contribution in [1.29, 1.82) is 5.26 Å². The summed E-state index contributed by atoms with van der Waals surface area (Å²) >= 11 is 0. The number of rotatable bonds is 8. The van der Waals surface area contributed by atoms with Crippen LogP contribution in [0.15, 0.2) is 48.5 Å². The van der Waals surface area contributed by atoms with Crippen molar-refractivity contribution < 1.29 is 8.42 Å². The van der Waals surface area contributed by atoms with Crippen molar-refractivity contribution in [2.24, 2.45) is 0 Å². The summed E-state index contributed by atoms with van der Waals surface area (Å²) in [5.41, 5.74) is 3.88. The first kappa shape index (κ1) is 25.7. The van der Waals surface area contributed by atoms with Crippen LogP contribution in [0, 0.1) is 11.3 Å². The van der Waals surface area contributed by atoms with Crippen molar-refractivity contribution in [2.75, 3.05) is 63.9 Å². The second-order valence-electron chi connectivity index (χ2n) is 10.1. The second kappa shape index (κ2) is 11.2. The predicted octanol–water partition coefficient (Wildman–Crippen LogP) is 2.41. The van der Waals surface area contributed by atoms with Gasteiger partial charge in [-0.25, -0.2) is 13.4 Å². The van der Waals surface area contributed by atoms with Crippen LogP contribution in [0.25, 0.3) is 11.0 Å². The number of sulfonamides is 1. The number of para-hydroxylation sites is 2. The largest absolute Gasteiger partial charge is 0.353 e. The smallest absolute Gasteiger partial charge is 0.211 e. The van der Waals surface area contributed by atoms with E-state index in [0.29, 0.717) is 31.2 Å². The summed E-state index contributed by atoms with van der Waals surface area (Å²) in [7, 11) is -3.08. The van der Waals surface area contributed by atoms with Crippen LogP contribution in [0.5, 0.6) is 0 Å². The van der Waals surface area contributed by atoms with E-state index in [1.165, 1.54) is 6.26 Å². The van der Waals surface area contributed by atoms with E-state index in [0.717, 1.165) is 74.7 Å².